The van der Waals surface area contributed by atoms with Crippen LogP contribution < -0.4 is 0 Å². The average molecular weight is 278 g/mol. The molecule has 20 heavy (non-hydrogen) atoms. The fraction of sp³-hybridized carbons (Fsp3) is 0.688. The van der Waals surface area contributed by atoms with Crippen molar-refractivity contribution in [3.63, 3.8) is 0 Å². The van der Waals surface area contributed by atoms with Crippen LogP contribution in [0.2, 0.25) is 0 Å². The Morgan fingerprint density at radius 3 is 2.95 bits per heavy atom. The molecule has 3 rings (SSSR count). The maximum Gasteiger partial charge on any atom is 0.334 e. The number of rotatable bonds is 1. The Hall–Kier alpha value is -1.13. The van der Waals surface area contributed by atoms with Crippen LogP contribution in [0.5, 0.6) is 0 Å². The number of fused-ring (bicyclic) bond motifs is 3. The summed E-state index contributed by atoms with van der Waals surface area (Å²) in [5.41, 5.74) is 0.919. The minimum Gasteiger partial charge on any atom is -0.455 e. The molecule has 4 heteroatoms. The van der Waals surface area contributed by atoms with Gasteiger partial charge in [0.05, 0.1) is 12.2 Å². The zero-order chi connectivity index (χ0) is 14.5. The molecule has 1 aliphatic carbocycles. The van der Waals surface area contributed by atoms with Crippen molar-refractivity contribution in [2.75, 3.05) is 6.61 Å². The molecule has 1 N–H and O–H groups in total. The van der Waals surface area contributed by atoms with Gasteiger partial charge in [0.2, 0.25) is 0 Å². The fourth-order valence-electron chi connectivity index (χ4n) is 3.67. The molecular weight excluding hydrogens is 256 g/mol. The zero-order valence-corrected chi connectivity index (χ0v) is 12.1. The fourth-order valence-corrected chi connectivity index (χ4v) is 3.67. The maximum atomic E-state index is 11.9. The van der Waals surface area contributed by atoms with Crippen molar-refractivity contribution in [1.82, 2.24) is 0 Å². The summed E-state index contributed by atoms with van der Waals surface area (Å²) in [6.07, 6.45) is 5.17. The standard InChI is InChI=1S/C16H22O4/c1-10-12-7-6-11(9-17)5-4-8-15(2)16(3,20-15)13(12)19-14(10)18/h5,12-13,17H,1,4,6-9H2,2-3H3. The molecule has 0 amide bonds. The van der Waals surface area contributed by atoms with E-state index < -0.39 is 5.60 Å². The smallest absolute Gasteiger partial charge is 0.334 e. The van der Waals surface area contributed by atoms with E-state index >= 15 is 0 Å². The van der Waals surface area contributed by atoms with E-state index in [1.54, 1.807) is 0 Å². The van der Waals surface area contributed by atoms with Gasteiger partial charge in [0.1, 0.15) is 11.7 Å². The SMILES string of the molecule is C=C1C(=O)OC2C1CCC(CO)=CCCC1(C)OC21C. The summed E-state index contributed by atoms with van der Waals surface area (Å²) in [4.78, 5) is 11.9. The van der Waals surface area contributed by atoms with Crippen LogP contribution in [0.1, 0.15) is 39.5 Å². The third kappa shape index (κ3) is 1.85. The van der Waals surface area contributed by atoms with Gasteiger partial charge >= 0.3 is 5.97 Å². The predicted molar refractivity (Wildman–Crippen MR) is 74.0 cm³/mol. The molecule has 2 fully saturated rings. The second-order valence-corrected chi connectivity index (χ2v) is 6.50. The van der Waals surface area contributed by atoms with Crippen LogP contribution >= 0.6 is 0 Å². The number of aliphatic hydroxyl groups is 1. The van der Waals surface area contributed by atoms with Crippen molar-refractivity contribution in [1.29, 1.82) is 0 Å². The number of esters is 1. The molecule has 2 aliphatic heterocycles. The number of hydrogen-bond donors (Lipinski definition) is 1. The molecule has 2 saturated heterocycles. The van der Waals surface area contributed by atoms with Gasteiger partial charge in [-0.3, -0.25) is 0 Å². The Labute approximate surface area is 119 Å². The number of ether oxygens (including phenoxy) is 2. The molecule has 0 bridgehead atoms. The highest BCUT2D eigenvalue weighted by Crippen LogP contribution is 2.58. The lowest BCUT2D eigenvalue weighted by Gasteiger charge is -2.25. The van der Waals surface area contributed by atoms with Gasteiger partial charge in [0, 0.05) is 11.5 Å². The number of carbonyl (C=O) groups is 1. The van der Waals surface area contributed by atoms with E-state index in [-0.39, 0.29) is 30.2 Å². The monoisotopic (exact) mass is 278 g/mol. The van der Waals surface area contributed by atoms with Crippen molar-refractivity contribution in [3.8, 4) is 0 Å². The molecule has 2 heterocycles. The largest absolute Gasteiger partial charge is 0.455 e. The third-order valence-corrected chi connectivity index (χ3v) is 5.33. The summed E-state index contributed by atoms with van der Waals surface area (Å²) in [7, 11) is 0. The zero-order valence-electron chi connectivity index (χ0n) is 12.1. The molecule has 0 radical (unpaired) electrons. The van der Waals surface area contributed by atoms with E-state index in [1.165, 1.54) is 0 Å². The summed E-state index contributed by atoms with van der Waals surface area (Å²) in [6.45, 7) is 8.08. The van der Waals surface area contributed by atoms with E-state index in [0.29, 0.717) is 5.57 Å². The van der Waals surface area contributed by atoms with Crippen LogP contribution in [0.3, 0.4) is 0 Å². The van der Waals surface area contributed by atoms with Crippen molar-refractivity contribution < 1.29 is 19.4 Å². The third-order valence-electron chi connectivity index (χ3n) is 5.33. The first-order valence-electron chi connectivity index (χ1n) is 7.30. The topological polar surface area (TPSA) is 59.1 Å². The van der Waals surface area contributed by atoms with Gasteiger partial charge < -0.3 is 14.6 Å². The minimum atomic E-state index is -0.405. The second-order valence-electron chi connectivity index (χ2n) is 6.50. The van der Waals surface area contributed by atoms with Gasteiger partial charge in [-0.05, 0) is 45.1 Å². The number of allylic oxidation sites excluding steroid dienone is 1. The van der Waals surface area contributed by atoms with E-state index in [9.17, 15) is 9.90 Å². The van der Waals surface area contributed by atoms with Crippen molar-refractivity contribution in [2.45, 2.75) is 56.8 Å². The van der Waals surface area contributed by atoms with Gasteiger partial charge in [0.15, 0.2) is 0 Å². The van der Waals surface area contributed by atoms with Crippen molar-refractivity contribution in [3.05, 3.63) is 23.8 Å². The normalized spacial score (nSPS) is 44.2. The molecule has 0 aromatic rings. The molecular formula is C16H22O4. The first-order chi connectivity index (χ1) is 9.41. The highest BCUT2D eigenvalue weighted by Gasteiger charge is 2.71. The van der Waals surface area contributed by atoms with E-state index in [2.05, 4.69) is 19.6 Å². The molecule has 110 valence electrons. The van der Waals surface area contributed by atoms with Gasteiger partial charge in [-0.25, -0.2) is 4.79 Å². The minimum absolute atomic E-state index is 0.0117. The van der Waals surface area contributed by atoms with Gasteiger partial charge in [-0.15, -0.1) is 0 Å². The summed E-state index contributed by atoms with van der Waals surface area (Å²) < 4.78 is 11.5. The van der Waals surface area contributed by atoms with Crippen LogP contribution in [0.4, 0.5) is 0 Å². The number of hydrogen-bond acceptors (Lipinski definition) is 4. The quantitative estimate of drug-likeness (QED) is 0.345. The molecule has 0 aromatic carbocycles. The van der Waals surface area contributed by atoms with E-state index in [1.807, 2.05) is 6.92 Å². The Balaban J connectivity index is 1.92. The van der Waals surface area contributed by atoms with Gasteiger partial charge in [0.25, 0.3) is 0 Å². The first kappa shape index (κ1) is 13.8. The second kappa shape index (κ2) is 4.43. The Bertz CT molecular complexity index is 495. The maximum absolute atomic E-state index is 11.9. The lowest BCUT2D eigenvalue weighted by Crippen LogP contribution is -2.38. The van der Waals surface area contributed by atoms with Crippen LogP contribution in [-0.4, -0.2) is 35.0 Å². The summed E-state index contributed by atoms with van der Waals surface area (Å²) in [5.74, 6) is -0.310. The van der Waals surface area contributed by atoms with E-state index in [0.717, 1.165) is 31.3 Å². The molecule has 4 nitrogen and oxygen atoms in total. The lowest BCUT2D eigenvalue weighted by atomic mass is 9.77. The van der Waals surface area contributed by atoms with Crippen LogP contribution in [0.25, 0.3) is 0 Å². The number of aliphatic hydroxyl groups excluding tert-OH is 1. The molecule has 3 aliphatic rings. The Morgan fingerprint density at radius 1 is 1.50 bits per heavy atom. The summed E-state index contributed by atoms with van der Waals surface area (Å²) >= 11 is 0. The summed E-state index contributed by atoms with van der Waals surface area (Å²) in [6, 6.07) is 0. The molecule has 0 aromatic heterocycles. The molecule has 4 atom stereocenters. The Morgan fingerprint density at radius 2 is 2.25 bits per heavy atom. The van der Waals surface area contributed by atoms with Crippen molar-refractivity contribution in [2.24, 2.45) is 5.92 Å². The molecule has 0 saturated carbocycles. The predicted octanol–water partition coefficient (Wildman–Crippen LogP) is 2.12. The van der Waals surface area contributed by atoms with Crippen molar-refractivity contribution >= 4 is 5.97 Å². The number of carbonyl (C=O) groups excluding carboxylic acids is 1. The van der Waals surface area contributed by atoms with E-state index in [4.69, 9.17) is 9.47 Å². The molecule has 4 unspecified atom stereocenters. The highest BCUT2D eigenvalue weighted by molar-refractivity contribution is 5.91. The van der Waals surface area contributed by atoms with Gasteiger partial charge in [-0.1, -0.05) is 12.7 Å². The van der Waals surface area contributed by atoms with Crippen LogP contribution in [-0.2, 0) is 14.3 Å². The highest BCUT2D eigenvalue weighted by atomic mass is 16.7. The van der Waals surface area contributed by atoms with Gasteiger partial charge in [-0.2, -0.15) is 0 Å². The first-order valence-corrected chi connectivity index (χ1v) is 7.30. The lowest BCUT2D eigenvalue weighted by molar-refractivity contribution is -0.141. The Kier molecular flexibility index (Phi) is 3.07. The summed E-state index contributed by atoms with van der Waals surface area (Å²) in [5, 5.41) is 9.40. The van der Waals surface area contributed by atoms with Crippen LogP contribution in [0.15, 0.2) is 23.8 Å². The molecule has 0 spiro atoms. The average Bonchev–Trinajstić information content (AvgIpc) is 2.84. The number of epoxide rings is 1. The van der Waals surface area contributed by atoms with Crippen LogP contribution in [0, 0.1) is 5.92 Å².